The number of rotatable bonds is 2. The monoisotopic (exact) mass is 352 g/mol. The van der Waals surface area contributed by atoms with Crippen molar-refractivity contribution in [2.75, 3.05) is 0 Å². The van der Waals surface area contributed by atoms with E-state index < -0.39 is 0 Å². The fourth-order valence-electron chi connectivity index (χ4n) is 4.61. The molecule has 0 aromatic heterocycles. The summed E-state index contributed by atoms with van der Waals surface area (Å²) in [7, 11) is 0. The maximum absolute atomic E-state index is 10.8. The minimum Gasteiger partial charge on any atom is -0.508 e. The largest absolute Gasteiger partial charge is 0.508 e. The smallest absolute Gasteiger partial charge is 0.119 e. The summed E-state index contributed by atoms with van der Waals surface area (Å²) >= 11 is 0. The highest BCUT2D eigenvalue weighted by molar-refractivity contribution is 5.53. The summed E-state index contributed by atoms with van der Waals surface area (Å²) in [6, 6.07) is 11.8. The summed E-state index contributed by atoms with van der Waals surface area (Å²) in [4.78, 5) is 0. The summed E-state index contributed by atoms with van der Waals surface area (Å²) < 4.78 is 0. The van der Waals surface area contributed by atoms with Gasteiger partial charge in [-0.25, -0.2) is 0 Å². The van der Waals surface area contributed by atoms with Gasteiger partial charge in [-0.3, -0.25) is 0 Å². The molecule has 1 aliphatic rings. The van der Waals surface area contributed by atoms with Crippen molar-refractivity contribution in [3.8, 4) is 11.5 Å². The van der Waals surface area contributed by atoms with Crippen molar-refractivity contribution in [3.63, 3.8) is 0 Å². The Labute approximate surface area is 157 Å². The van der Waals surface area contributed by atoms with Crippen LogP contribution >= 0.6 is 0 Å². The van der Waals surface area contributed by atoms with Gasteiger partial charge < -0.3 is 10.2 Å². The topological polar surface area (TPSA) is 40.5 Å². The third-order valence-corrected chi connectivity index (χ3v) is 6.04. The number of phenolic OH excluding ortho intramolecular Hbond substituents is 2. The zero-order valence-corrected chi connectivity index (χ0v) is 16.2. The molecule has 0 heterocycles. The van der Waals surface area contributed by atoms with E-state index in [0.717, 1.165) is 47.9 Å². The summed E-state index contributed by atoms with van der Waals surface area (Å²) in [6.07, 6.45) is 10.6. The Bertz CT molecular complexity index is 684. The molecule has 2 nitrogen and oxygen atoms in total. The summed E-state index contributed by atoms with van der Waals surface area (Å²) in [5.74, 6) is 0.710. The van der Waals surface area contributed by atoms with Gasteiger partial charge in [-0.05, 0) is 38.8 Å². The van der Waals surface area contributed by atoms with Crippen LogP contribution in [0.5, 0.6) is 11.5 Å². The maximum Gasteiger partial charge on any atom is 0.119 e. The lowest BCUT2D eigenvalue weighted by Crippen LogP contribution is -2.29. The summed E-state index contributed by atoms with van der Waals surface area (Å²) in [6.45, 7) is 4.15. The van der Waals surface area contributed by atoms with Crippen molar-refractivity contribution in [2.24, 2.45) is 0 Å². The first-order chi connectivity index (χ1) is 12.5. The highest BCUT2D eigenvalue weighted by Crippen LogP contribution is 2.49. The molecule has 2 heteroatoms. The van der Waals surface area contributed by atoms with E-state index in [2.05, 4.69) is 26.0 Å². The molecule has 0 bridgehead atoms. The van der Waals surface area contributed by atoms with E-state index in [0.29, 0.717) is 11.5 Å². The molecular formula is C24H32O2. The van der Waals surface area contributed by atoms with Gasteiger partial charge in [0.25, 0.3) is 0 Å². The van der Waals surface area contributed by atoms with Crippen molar-refractivity contribution < 1.29 is 10.2 Å². The molecule has 1 fully saturated rings. The molecule has 0 unspecified atom stereocenters. The van der Waals surface area contributed by atoms with E-state index in [1.165, 1.54) is 32.1 Å². The lowest BCUT2D eigenvalue weighted by Gasteiger charge is -2.37. The summed E-state index contributed by atoms with van der Waals surface area (Å²) in [5, 5.41) is 21.6. The molecular weight excluding hydrogens is 320 g/mol. The van der Waals surface area contributed by atoms with E-state index in [9.17, 15) is 10.2 Å². The van der Waals surface area contributed by atoms with Crippen LogP contribution in [-0.2, 0) is 5.41 Å². The molecule has 2 N–H and O–H groups in total. The van der Waals surface area contributed by atoms with Crippen LogP contribution in [0.15, 0.2) is 36.4 Å². The Morgan fingerprint density at radius 3 is 1.42 bits per heavy atom. The molecule has 140 valence electrons. The van der Waals surface area contributed by atoms with Crippen LogP contribution < -0.4 is 0 Å². The number of aryl methyl sites for hydroxylation is 2. The highest BCUT2D eigenvalue weighted by Gasteiger charge is 2.38. The zero-order valence-electron chi connectivity index (χ0n) is 16.2. The average Bonchev–Trinajstić information content (AvgIpc) is 2.63. The first kappa shape index (κ1) is 18.8. The molecule has 2 aromatic rings. The standard InChI is InChI=1S/C24H32O2/c1-18-10-12-22(25)20(16-18)24(21-17-19(2)11-13-23(21)26)14-8-6-4-3-5-7-9-15-24/h10-13,16-17,25-26H,3-9,14-15H2,1-2H3. The molecule has 0 amide bonds. The van der Waals surface area contributed by atoms with Gasteiger partial charge >= 0.3 is 0 Å². The molecule has 0 aliphatic heterocycles. The second kappa shape index (κ2) is 8.16. The maximum atomic E-state index is 10.8. The number of hydrogen-bond acceptors (Lipinski definition) is 2. The van der Waals surface area contributed by atoms with Gasteiger partial charge in [-0.2, -0.15) is 0 Å². The van der Waals surface area contributed by atoms with Gasteiger partial charge in [-0.15, -0.1) is 0 Å². The Balaban J connectivity index is 2.18. The van der Waals surface area contributed by atoms with Crippen molar-refractivity contribution in [1.29, 1.82) is 0 Å². The van der Waals surface area contributed by atoms with Gasteiger partial charge in [0.2, 0.25) is 0 Å². The zero-order chi connectivity index (χ0) is 18.6. The van der Waals surface area contributed by atoms with Crippen molar-refractivity contribution >= 4 is 0 Å². The molecule has 0 saturated heterocycles. The fraction of sp³-hybridized carbons (Fsp3) is 0.500. The Morgan fingerprint density at radius 2 is 1.00 bits per heavy atom. The van der Waals surface area contributed by atoms with Crippen molar-refractivity contribution in [2.45, 2.75) is 77.0 Å². The highest BCUT2D eigenvalue weighted by atomic mass is 16.3. The second-order valence-corrected chi connectivity index (χ2v) is 8.10. The van der Waals surface area contributed by atoms with Crippen LogP contribution in [0.2, 0.25) is 0 Å². The SMILES string of the molecule is Cc1ccc(O)c(C2(c3cc(C)ccc3O)CCCCCCCCC2)c1. The predicted molar refractivity (Wildman–Crippen MR) is 108 cm³/mol. The average molecular weight is 353 g/mol. The van der Waals surface area contributed by atoms with Gasteiger partial charge in [0, 0.05) is 16.5 Å². The number of phenols is 2. The van der Waals surface area contributed by atoms with Gasteiger partial charge in [0.05, 0.1) is 0 Å². The molecule has 0 radical (unpaired) electrons. The second-order valence-electron chi connectivity index (χ2n) is 8.10. The molecule has 0 atom stereocenters. The van der Waals surface area contributed by atoms with Crippen LogP contribution in [0.25, 0.3) is 0 Å². The van der Waals surface area contributed by atoms with Crippen molar-refractivity contribution in [1.82, 2.24) is 0 Å². The quantitative estimate of drug-likeness (QED) is 0.645. The van der Waals surface area contributed by atoms with E-state index in [1.54, 1.807) is 0 Å². The van der Waals surface area contributed by atoms with E-state index in [-0.39, 0.29) is 5.41 Å². The van der Waals surface area contributed by atoms with Crippen LogP contribution in [0.3, 0.4) is 0 Å². The molecule has 1 saturated carbocycles. The van der Waals surface area contributed by atoms with Crippen LogP contribution in [0, 0.1) is 13.8 Å². The number of hydrogen-bond donors (Lipinski definition) is 2. The Kier molecular flexibility index (Phi) is 5.90. The van der Waals surface area contributed by atoms with Crippen LogP contribution in [0.4, 0.5) is 0 Å². The number of aromatic hydroxyl groups is 2. The first-order valence-electron chi connectivity index (χ1n) is 10.1. The third kappa shape index (κ3) is 3.90. The molecule has 3 rings (SSSR count). The van der Waals surface area contributed by atoms with Gasteiger partial charge in [0.1, 0.15) is 11.5 Å². The van der Waals surface area contributed by atoms with Gasteiger partial charge in [-0.1, -0.05) is 80.3 Å². The van der Waals surface area contributed by atoms with Crippen molar-refractivity contribution in [3.05, 3.63) is 58.7 Å². The first-order valence-corrected chi connectivity index (χ1v) is 10.1. The van der Waals surface area contributed by atoms with E-state index in [4.69, 9.17) is 0 Å². The minimum atomic E-state index is -0.316. The minimum absolute atomic E-state index is 0.316. The Hall–Kier alpha value is -1.96. The van der Waals surface area contributed by atoms with Crippen LogP contribution in [0.1, 0.15) is 80.0 Å². The lowest BCUT2D eigenvalue weighted by atomic mass is 9.66. The normalized spacial score (nSPS) is 18.4. The Morgan fingerprint density at radius 1 is 0.615 bits per heavy atom. The third-order valence-electron chi connectivity index (χ3n) is 6.04. The number of benzene rings is 2. The van der Waals surface area contributed by atoms with E-state index in [1.807, 2.05) is 24.3 Å². The molecule has 0 spiro atoms. The van der Waals surface area contributed by atoms with Crippen LogP contribution in [-0.4, -0.2) is 10.2 Å². The molecule has 1 aliphatic carbocycles. The fourth-order valence-corrected chi connectivity index (χ4v) is 4.61. The summed E-state index contributed by atoms with van der Waals surface area (Å²) in [5.41, 5.74) is 3.96. The van der Waals surface area contributed by atoms with E-state index >= 15 is 0 Å². The van der Waals surface area contributed by atoms with Gasteiger partial charge in [0.15, 0.2) is 0 Å². The molecule has 2 aromatic carbocycles. The lowest BCUT2D eigenvalue weighted by molar-refractivity contribution is 0.346. The molecule has 26 heavy (non-hydrogen) atoms. The predicted octanol–water partition coefficient (Wildman–Crippen LogP) is 6.53.